The van der Waals surface area contributed by atoms with Crippen molar-refractivity contribution in [1.29, 1.82) is 0 Å². The molecular formula is C21H26N2O3. The summed E-state index contributed by atoms with van der Waals surface area (Å²) in [5.41, 5.74) is 3.27. The van der Waals surface area contributed by atoms with Crippen molar-refractivity contribution in [3.05, 3.63) is 70.8 Å². The molecule has 2 rings (SSSR count). The van der Waals surface area contributed by atoms with E-state index in [0.29, 0.717) is 17.7 Å². The molecule has 5 nitrogen and oxygen atoms in total. The van der Waals surface area contributed by atoms with E-state index < -0.39 is 5.97 Å². The first-order chi connectivity index (χ1) is 12.6. The maximum atomic E-state index is 12.4. The number of ether oxygens (including phenoxy) is 1. The minimum Gasteiger partial charge on any atom is -0.465 e. The van der Waals surface area contributed by atoms with Crippen LogP contribution in [0.2, 0.25) is 0 Å². The standard InChI is InChI=1S/C21H26N2O3/c1-4-23(5-2)15-19-9-7-6-8-18(19)14-22-20(24)16-10-12-17(13-11-16)21(25)26-3/h6-13H,4-5,14-15H2,1-3H3,(H,22,24). The second-order valence-electron chi connectivity index (χ2n) is 5.98. The van der Waals surface area contributed by atoms with E-state index in [1.54, 1.807) is 24.3 Å². The molecule has 0 aliphatic heterocycles. The van der Waals surface area contributed by atoms with Crippen molar-refractivity contribution in [3.8, 4) is 0 Å². The summed E-state index contributed by atoms with van der Waals surface area (Å²) in [6.45, 7) is 7.60. The fraction of sp³-hybridized carbons (Fsp3) is 0.333. The Balaban J connectivity index is 2.02. The number of carbonyl (C=O) groups is 2. The van der Waals surface area contributed by atoms with Gasteiger partial charge in [0.15, 0.2) is 0 Å². The SMILES string of the molecule is CCN(CC)Cc1ccccc1CNC(=O)c1ccc(C(=O)OC)cc1. The van der Waals surface area contributed by atoms with Gasteiger partial charge in [0.05, 0.1) is 12.7 Å². The number of amides is 1. The third kappa shape index (κ3) is 5.17. The predicted molar refractivity (Wildman–Crippen MR) is 102 cm³/mol. The van der Waals surface area contributed by atoms with Gasteiger partial charge >= 0.3 is 5.97 Å². The van der Waals surface area contributed by atoms with Crippen molar-refractivity contribution in [1.82, 2.24) is 10.2 Å². The number of nitrogens with one attached hydrogen (secondary N) is 1. The van der Waals surface area contributed by atoms with Gasteiger partial charge in [0.2, 0.25) is 0 Å². The van der Waals surface area contributed by atoms with Gasteiger partial charge in [0.1, 0.15) is 0 Å². The Labute approximate surface area is 155 Å². The van der Waals surface area contributed by atoms with E-state index in [1.807, 2.05) is 18.2 Å². The molecule has 0 saturated heterocycles. The first-order valence-electron chi connectivity index (χ1n) is 8.84. The van der Waals surface area contributed by atoms with Crippen molar-refractivity contribution >= 4 is 11.9 Å². The molecule has 1 N–H and O–H groups in total. The predicted octanol–water partition coefficient (Wildman–Crippen LogP) is 3.25. The smallest absolute Gasteiger partial charge is 0.337 e. The largest absolute Gasteiger partial charge is 0.465 e. The van der Waals surface area contributed by atoms with E-state index >= 15 is 0 Å². The van der Waals surface area contributed by atoms with E-state index in [-0.39, 0.29) is 5.91 Å². The summed E-state index contributed by atoms with van der Waals surface area (Å²) >= 11 is 0. The number of rotatable bonds is 8. The molecule has 0 saturated carbocycles. The molecule has 0 bridgehead atoms. The first-order valence-corrected chi connectivity index (χ1v) is 8.84. The van der Waals surface area contributed by atoms with Crippen LogP contribution in [0.5, 0.6) is 0 Å². The molecule has 138 valence electrons. The van der Waals surface area contributed by atoms with Crippen molar-refractivity contribution in [2.75, 3.05) is 20.2 Å². The summed E-state index contributed by atoms with van der Waals surface area (Å²) in [7, 11) is 1.33. The Morgan fingerprint density at radius 1 is 0.923 bits per heavy atom. The van der Waals surface area contributed by atoms with E-state index in [0.717, 1.165) is 25.2 Å². The highest BCUT2D eigenvalue weighted by molar-refractivity contribution is 5.96. The highest BCUT2D eigenvalue weighted by atomic mass is 16.5. The highest BCUT2D eigenvalue weighted by Gasteiger charge is 2.10. The number of hydrogen-bond acceptors (Lipinski definition) is 4. The lowest BCUT2D eigenvalue weighted by Crippen LogP contribution is -2.26. The van der Waals surface area contributed by atoms with Gasteiger partial charge in [0, 0.05) is 18.7 Å². The van der Waals surface area contributed by atoms with Crippen LogP contribution in [-0.2, 0) is 17.8 Å². The molecule has 0 aromatic heterocycles. The summed E-state index contributed by atoms with van der Waals surface area (Å²) < 4.78 is 4.66. The lowest BCUT2D eigenvalue weighted by atomic mass is 10.1. The average Bonchev–Trinajstić information content (AvgIpc) is 2.70. The van der Waals surface area contributed by atoms with E-state index in [4.69, 9.17) is 0 Å². The number of nitrogens with zero attached hydrogens (tertiary/aromatic N) is 1. The number of benzene rings is 2. The molecule has 0 spiro atoms. The quantitative estimate of drug-likeness (QED) is 0.740. The fourth-order valence-corrected chi connectivity index (χ4v) is 2.73. The second kappa shape index (κ2) is 9.73. The van der Waals surface area contributed by atoms with Crippen LogP contribution in [0.25, 0.3) is 0 Å². The molecule has 0 radical (unpaired) electrons. The molecule has 0 atom stereocenters. The maximum absolute atomic E-state index is 12.4. The Bertz CT molecular complexity index is 737. The summed E-state index contributed by atoms with van der Waals surface area (Å²) in [4.78, 5) is 26.2. The molecule has 2 aromatic rings. The van der Waals surface area contributed by atoms with Crippen LogP contribution in [-0.4, -0.2) is 37.0 Å². The molecule has 0 aliphatic rings. The lowest BCUT2D eigenvalue weighted by molar-refractivity contribution is 0.0600. The van der Waals surface area contributed by atoms with Gasteiger partial charge in [-0.3, -0.25) is 9.69 Å². The van der Waals surface area contributed by atoms with Crippen LogP contribution in [0.3, 0.4) is 0 Å². The monoisotopic (exact) mass is 354 g/mol. The number of esters is 1. The normalized spacial score (nSPS) is 10.6. The van der Waals surface area contributed by atoms with E-state index in [1.165, 1.54) is 12.7 Å². The van der Waals surface area contributed by atoms with Crippen LogP contribution < -0.4 is 5.32 Å². The van der Waals surface area contributed by atoms with Gasteiger partial charge in [-0.05, 0) is 48.5 Å². The summed E-state index contributed by atoms with van der Waals surface area (Å²) in [6, 6.07) is 14.6. The Morgan fingerprint density at radius 2 is 1.50 bits per heavy atom. The molecule has 2 aromatic carbocycles. The first kappa shape index (κ1) is 19.7. The molecule has 0 fully saturated rings. The lowest BCUT2D eigenvalue weighted by Gasteiger charge is -2.20. The third-order valence-corrected chi connectivity index (χ3v) is 4.41. The van der Waals surface area contributed by atoms with Crippen molar-refractivity contribution in [2.45, 2.75) is 26.9 Å². The third-order valence-electron chi connectivity index (χ3n) is 4.41. The molecule has 0 heterocycles. The van der Waals surface area contributed by atoms with Gasteiger partial charge in [-0.2, -0.15) is 0 Å². The molecule has 0 unspecified atom stereocenters. The Kier molecular flexibility index (Phi) is 7.36. The van der Waals surface area contributed by atoms with Gasteiger partial charge in [-0.1, -0.05) is 38.1 Å². The zero-order valence-corrected chi connectivity index (χ0v) is 15.6. The van der Waals surface area contributed by atoms with E-state index in [2.05, 4.69) is 34.9 Å². The Hall–Kier alpha value is -2.66. The topological polar surface area (TPSA) is 58.6 Å². The van der Waals surface area contributed by atoms with Crippen LogP contribution in [0.15, 0.2) is 48.5 Å². The summed E-state index contributed by atoms with van der Waals surface area (Å²) in [5, 5.41) is 2.95. The van der Waals surface area contributed by atoms with Gasteiger partial charge < -0.3 is 10.1 Å². The molecule has 5 heteroatoms. The fourth-order valence-electron chi connectivity index (χ4n) is 2.73. The summed E-state index contributed by atoms with van der Waals surface area (Å²) in [5.74, 6) is -0.582. The van der Waals surface area contributed by atoms with Crippen LogP contribution in [0.1, 0.15) is 45.7 Å². The zero-order chi connectivity index (χ0) is 18.9. The number of methoxy groups -OCH3 is 1. The van der Waals surface area contributed by atoms with E-state index in [9.17, 15) is 9.59 Å². The van der Waals surface area contributed by atoms with Crippen LogP contribution >= 0.6 is 0 Å². The molecule has 1 amide bonds. The molecule has 0 aliphatic carbocycles. The summed E-state index contributed by atoms with van der Waals surface area (Å²) in [6.07, 6.45) is 0. The number of carbonyl (C=O) groups excluding carboxylic acids is 2. The average molecular weight is 354 g/mol. The molecular weight excluding hydrogens is 328 g/mol. The highest BCUT2D eigenvalue weighted by Crippen LogP contribution is 2.12. The number of hydrogen-bond donors (Lipinski definition) is 1. The van der Waals surface area contributed by atoms with Crippen molar-refractivity contribution < 1.29 is 14.3 Å². The molecule has 26 heavy (non-hydrogen) atoms. The van der Waals surface area contributed by atoms with Crippen molar-refractivity contribution in [3.63, 3.8) is 0 Å². The van der Waals surface area contributed by atoms with Crippen LogP contribution in [0.4, 0.5) is 0 Å². The zero-order valence-electron chi connectivity index (χ0n) is 15.6. The minimum absolute atomic E-state index is 0.168. The Morgan fingerprint density at radius 3 is 2.08 bits per heavy atom. The maximum Gasteiger partial charge on any atom is 0.337 e. The van der Waals surface area contributed by atoms with Gasteiger partial charge in [-0.15, -0.1) is 0 Å². The van der Waals surface area contributed by atoms with Gasteiger partial charge in [0.25, 0.3) is 5.91 Å². The van der Waals surface area contributed by atoms with Crippen molar-refractivity contribution in [2.24, 2.45) is 0 Å². The minimum atomic E-state index is -0.415. The van der Waals surface area contributed by atoms with Gasteiger partial charge in [-0.25, -0.2) is 4.79 Å². The second-order valence-corrected chi connectivity index (χ2v) is 5.98. The van der Waals surface area contributed by atoms with Crippen LogP contribution in [0, 0.1) is 0 Å².